The van der Waals surface area contributed by atoms with Crippen LogP contribution in [0.4, 0.5) is 34.1 Å². The Kier molecular flexibility index (Phi) is 12.9. The van der Waals surface area contributed by atoms with Crippen LogP contribution in [0.2, 0.25) is 0 Å². The summed E-state index contributed by atoms with van der Waals surface area (Å²) >= 11 is 0. The highest BCUT2D eigenvalue weighted by molar-refractivity contribution is 5.88. The van der Waals surface area contributed by atoms with Crippen LogP contribution in [0.3, 0.4) is 0 Å². The lowest BCUT2D eigenvalue weighted by atomic mass is 9.68. The first-order valence-electron chi connectivity index (χ1n) is 28.3. The molecule has 80 heavy (non-hydrogen) atoms. The van der Waals surface area contributed by atoms with Gasteiger partial charge in [0.2, 0.25) is 0 Å². The molecule has 14 rings (SSSR count). The number of rotatable bonds is 12. The van der Waals surface area contributed by atoms with Crippen LogP contribution in [0.5, 0.6) is 0 Å². The SMILES string of the molecule is c1ccc(-c2ccc(N(c3ccc(-c4ccc(N(c5ccc(-c6ccccc6)cc5)c5ccc6c(c5)C5(CCCCC5)c5ccccc5-6)cc4)cc3)c3ccc(-c4cc(-c5ccccc5)cc(-c5ccccc5)c4)cc3)cc2)cc1. The van der Waals surface area contributed by atoms with Crippen molar-refractivity contribution in [3.63, 3.8) is 0 Å². The molecule has 1 spiro atoms. The normalized spacial score (nSPS) is 13.1. The molecule has 0 aliphatic heterocycles. The molecular formula is C78H60N2. The zero-order valence-electron chi connectivity index (χ0n) is 44.8. The summed E-state index contributed by atoms with van der Waals surface area (Å²) in [6.07, 6.45) is 6.24. The topological polar surface area (TPSA) is 6.48 Å². The Morgan fingerprint density at radius 3 is 0.850 bits per heavy atom. The molecule has 382 valence electrons. The summed E-state index contributed by atoms with van der Waals surface area (Å²) in [6.45, 7) is 0. The van der Waals surface area contributed by atoms with E-state index in [0.717, 1.165) is 34.0 Å². The highest BCUT2D eigenvalue weighted by atomic mass is 15.1. The maximum atomic E-state index is 2.53. The predicted octanol–water partition coefficient (Wildman–Crippen LogP) is 21.9. The van der Waals surface area contributed by atoms with Crippen LogP contribution in [-0.2, 0) is 5.41 Å². The molecule has 0 saturated heterocycles. The van der Waals surface area contributed by atoms with Crippen LogP contribution in [0.15, 0.2) is 303 Å². The van der Waals surface area contributed by atoms with Crippen molar-refractivity contribution in [2.24, 2.45) is 0 Å². The number of anilines is 6. The van der Waals surface area contributed by atoms with Crippen LogP contribution in [0.1, 0.15) is 43.2 Å². The lowest BCUT2D eigenvalue weighted by molar-refractivity contribution is 0.353. The smallest absolute Gasteiger partial charge is 0.0465 e. The van der Waals surface area contributed by atoms with Gasteiger partial charge in [0.05, 0.1) is 0 Å². The summed E-state index contributed by atoms with van der Waals surface area (Å²) in [5.74, 6) is 0. The second-order valence-electron chi connectivity index (χ2n) is 21.6. The van der Waals surface area contributed by atoms with E-state index in [0.29, 0.717) is 0 Å². The van der Waals surface area contributed by atoms with Gasteiger partial charge in [-0.25, -0.2) is 0 Å². The molecule has 2 heteroatoms. The third kappa shape index (κ3) is 9.29. The van der Waals surface area contributed by atoms with Gasteiger partial charge in [-0.15, -0.1) is 0 Å². The minimum absolute atomic E-state index is 0.0618. The van der Waals surface area contributed by atoms with Crippen molar-refractivity contribution in [2.45, 2.75) is 37.5 Å². The van der Waals surface area contributed by atoms with E-state index in [1.54, 1.807) is 0 Å². The average molecular weight is 1030 g/mol. The minimum atomic E-state index is 0.0618. The number of fused-ring (bicyclic) bond motifs is 5. The molecule has 1 saturated carbocycles. The van der Waals surface area contributed by atoms with E-state index in [4.69, 9.17) is 0 Å². The van der Waals surface area contributed by atoms with E-state index >= 15 is 0 Å². The van der Waals surface area contributed by atoms with E-state index in [1.165, 1.54) is 121 Å². The van der Waals surface area contributed by atoms with Gasteiger partial charge in [0.1, 0.15) is 0 Å². The number of benzene rings is 12. The summed E-state index contributed by atoms with van der Waals surface area (Å²) in [4.78, 5) is 4.82. The largest absolute Gasteiger partial charge is 0.311 e. The summed E-state index contributed by atoms with van der Waals surface area (Å²) in [5.41, 5.74) is 26.9. The molecule has 0 N–H and O–H groups in total. The second kappa shape index (κ2) is 21.2. The fourth-order valence-corrected chi connectivity index (χ4v) is 12.8. The summed E-state index contributed by atoms with van der Waals surface area (Å²) < 4.78 is 0. The van der Waals surface area contributed by atoms with Crippen molar-refractivity contribution in [3.05, 3.63) is 314 Å². The lowest BCUT2D eigenvalue weighted by Crippen LogP contribution is -2.28. The zero-order chi connectivity index (χ0) is 53.2. The molecule has 0 bridgehead atoms. The molecule has 2 aliphatic rings. The molecular weight excluding hydrogens is 965 g/mol. The first-order valence-corrected chi connectivity index (χ1v) is 28.3. The summed E-state index contributed by atoms with van der Waals surface area (Å²) in [6, 6.07) is 111. The van der Waals surface area contributed by atoms with Crippen molar-refractivity contribution in [2.75, 3.05) is 9.80 Å². The van der Waals surface area contributed by atoms with Crippen LogP contribution >= 0.6 is 0 Å². The van der Waals surface area contributed by atoms with Crippen LogP contribution in [-0.4, -0.2) is 0 Å². The zero-order valence-corrected chi connectivity index (χ0v) is 44.8. The Morgan fingerprint density at radius 1 is 0.200 bits per heavy atom. The molecule has 2 aliphatic carbocycles. The summed E-state index contributed by atoms with van der Waals surface area (Å²) in [5, 5.41) is 0. The van der Waals surface area contributed by atoms with E-state index in [1.807, 2.05) is 0 Å². The van der Waals surface area contributed by atoms with Gasteiger partial charge in [-0.3, -0.25) is 0 Å². The number of hydrogen-bond donors (Lipinski definition) is 0. The van der Waals surface area contributed by atoms with Crippen LogP contribution in [0, 0.1) is 0 Å². The Labute approximate surface area is 471 Å². The molecule has 0 heterocycles. The molecule has 0 unspecified atom stereocenters. The van der Waals surface area contributed by atoms with E-state index in [2.05, 4.69) is 313 Å². The number of hydrogen-bond acceptors (Lipinski definition) is 2. The molecule has 0 radical (unpaired) electrons. The molecule has 0 atom stereocenters. The van der Waals surface area contributed by atoms with Gasteiger partial charge in [-0.1, -0.05) is 232 Å². The second-order valence-corrected chi connectivity index (χ2v) is 21.6. The third-order valence-corrected chi connectivity index (χ3v) is 16.9. The minimum Gasteiger partial charge on any atom is -0.311 e. The molecule has 12 aromatic rings. The molecule has 2 nitrogen and oxygen atoms in total. The van der Waals surface area contributed by atoms with Crippen LogP contribution < -0.4 is 9.80 Å². The van der Waals surface area contributed by atoms with Crippen molar-refractivity contribution >= 4 is 34.1 Å². The average Bonchev–Trinajstić information content (AvgIpc) is 4.07. The third-order valence-electron chi connectivity index (χ3n) is 16.9. The van der Waals surface area contributed by atoms with Gasteiger partial charge in [0, 0.05) is 39.5 Å². The van der Waals surface area contributed by atoms with Crippen molar-refractivity contribution in [1.29, 1.82) is 0 Å². The quantitative estimate of drug-likeness (QED) is 0.120. The van der Waals surface area contributed by atoms with Crippen molar-refractivity contribution < 1.29 is 0 Å². The van der Waals surface area contributed by atoms with Gasteiger partial charge in [0.15, 0.2) is 0 Å². The lowest BCUT2D eigenvalue weighted by Gasteiger charge is -2.36. The highest BCUT2D eigenvalue weighted by Gasteiger charge is 2.44. The standard InChI is InChI=1S/C78H60N2/c1-6-18-56(19-7-1)60-28-38-68(39-29-60)79(70-46-36-64(37-47-70)67-53-65(58-22-10-3-11-23-58)52-66(54-67)59-24-12-4-13-25-59)69-40-32-62(33-41-69)63-34-44-72(45-35-63)80(71-42-30-61(31-43-71)57-20-8-2-9-21-57)73-48-49-75-74-26-14-15-27-76(74)78(77(75)55-73)50-16-5-17-51-78/h1-4,6-15,18-49,52-55H,5,16-17,50-51H2. The fraction of sp³-hybridized carbons (Fsp3) is 0.0769. The Hall–Kier alpha value is -9.76. The summed E-state index contributed by atoms with van der Waals surface area (Å²) in [7, 11) is 0. The van der Waals surface area contributed by atoms with Crippen LogP contribution in [0.25, 0.3) is 77.9 Å². The highest BCUT2D eigenvalue weighted by Crippen LogP contribution is 2.57. The van der Waals surface area contributed by atoms with Gasteiger partial charge < -0.3 is 9.80 Å². The molecule has 12 aromatic carbocycles. The Balaban J connectivity index is 0.804. The predicted molar refractivity (Wildman–Crippen MR) is 338 cm³/mol. The maximum Gasteiger partial charge on any atom is 0.0465 e. The van der Waals surface area contributed by atoms with Gasteiger partial charge in [-0.2, -0.15) is 0 Å². The molecule has 0 aromatic heterocycles. The monoisotopic (exact) mass is 1020 g/mol. The van der Waals surface area contributed by atoms with Gasteiger partial charge in [0.25, 0.3) is 0 Å². The van der Waals surface area contributed by atoms with E-state index < -0.39 is 0 Å². The first-order chi connectivity index (χ1) is 39.6. The van der Waals surface area contributed by atoms with E-state index in [9.17, 15) is 0 Å². The fourth-order valence-electron chi connectivity index (χ4n) is 12.8. The maximum absolute atomic E-state index is 2.53. The van der Waals surface area contributed by atoms with Crippen molar-refractivity contribution in [1.82, 2.24) is 0 Å². The number of nitrogens with zero attached hydrogens (tertiary/aromatic N) is 2. The first kappa shape index (κ1) is 48.6. The Bertz CT molecular complexity index is 4010. The van der Waals surface area contributed by atoms with E-state index in [-0.39, 0.29) is 5.41 Å². The van der Waals surface area contributed by atoms with Crippen molar-refractivity contribution in [3.8, 4) is 77.9 Å². The molecule has 1 fully saturated rings. The molecule has 0 amide bonds. The van der Waals surface area contributed by atoms with Gasteiger partial charge >= 0.3 is 0 Å². The van der Waals surface area contributed by atoms with Gasteiger partial charge in [-0.05, 0) is 193 Å². The Morgan fingerprint density at radius 2 is 0.475 bits per heavy atom.